The van der Waals surface area contributed by atoms with Crippen LogP contribution in [0.3, 0.4) is 0 Å². The molecule has 1 heterocycles. The van der Waals surface area contributed by atoms with E-state index in [1.54, 1.807) is 0 Å². The van der Waals surface area contributed by atoms with Crippen molar-refractivity contribution in [3.63, 3.8) is 0 Å². The van der Waals surface area contributed by atoms with Crippen molar-refractivity contribution in [2.75, 3.05) is 7.11 Å². The molecule has 0 N–H and O–H groups in total. The Labute approximate surface area is 233 Å². The van der Waals surface area contributed by atoms with Gasteiger partial charge in [-0.3, -0.25) is 14.4 Å². The summed E-state index contributed by atoms with van der Waals surface area (Å²) in [6.45, 7) is 17.5. The molecule has 6 nitrogen and oxygen atoms in total. The van der Waals surface area contributed by atoms with Crippen LogP contribution in [0, 0.1) is 67.5 Å². The standard InChI is InChI=1S/C33H45NO5/c1-18-15-32(26(37)38-9)13-12-30(7)23(19(32)16-27(18,2)3)20(35)14-22-29(30,6)11-10-21-28(4,5)24(36)33(17-34)25(39-33)31(21,22)8/h14,18-19,21,23,25H,10-13,15-16H2,1-9H3/t18-,19-,21-,23-,25+,29+,30+,31-,32+,33-/m0/s1. The Bertz CT molecular complexity index is 1270. The number of fused-ring (bicyclic) bond motifs is 9. The van der Waals surface area contributed by atoms with Crippen molar-refractivity contribution in [2.24, 2.45) is 56.2 Å². The van der Waals surface area contributed by atoms with Gasteiger partial charge >= 0.3 is 5.97 Å². The van der Waals surface area contributed by atoms with Gasteiger partial charge in [-0.2, -0.15) is 5.26 Å². The number of carbonyl (C=O) groups is 3. The first-order chi connectivity index (χ1) is 17.9. The highest BCUT2D eigenvalue weighted by atomic mass is 16.6. The second-order valence-corrected chi connectivity index (χ2v) is 16.0. The smallest absolute Gasteiger partial charge is 0.312 e. The third-order valence-corrected chi connectivity index (χ3v) is 14.0. The van der Waals surface area contributed by atoms with Crippen molar-refractivity contribution < 1.29 is 23.9 Å². The molecule has 0 spiro atoms. The van der Waals surface area contributed by atoms with E-state index in [4.69, 9.17) is 9.47 Å². The van der Waals surface area contributed by atoms with E-state index in [1.807, 2.05) is 19.9 Å². The number of rotatable bonds is 1. The predicted octanol–water partition coefficient (Wildman–Crippen LogP) is 5.84. The fraction of sp³-hybridized carbons (Fsp3) is 0.818. The van der Waals surface area contributed by atoms with Crippen LogP contribution in [0.25, 0.3) is 0 Å². The maximum absolute atomic E-state index is 14.5. The molecule has 5 aliphatic carbocycles. The SMILES string of the molecule is COC(=O)[C@@]12CC[C@]3(C)[C@H](C(=O)C=C4[C@@]5(C)[C@H]6O[C@@]6(C#N)C(=O)C(C)(C)[C@@H]5CC[C@]43C)[C@@H]1CC(C)(C)[C@@H](C)C2. The van der Waals surface area contributed by atoms with E-state index in [-0.39, 0.29) is 51.5 Å². The zero-order valence-electron chi connectivity index (χ0n) is 25.2. The molecule has 0 aromatic heterocycles. The number of nitriles is 1. The monoisotopic (exact) mass is 535 g/mol. The Balaban J connectivity index is 1.52. The summed E-state index contributed by atoms with van der Waals surface area (Å²) in [5, 5.41) is 10.1. The summed E-state index contributed by atoms with van der Waals surface area (Å²) >= 11 is 0. The molecule has 1 saturated heterocycles. The number of carbonyl (C=O) groups excluding carboxylic acids is 3. The zero-order chi connectivity index (χ0) is 28.8. The number of esters is 1. The Morgan fingerprint density at radius 3 is 2.33 bits per heavy atom. The number of methoxy groups -OCH3 is 1. The van der Waals surface area contributed by atoms with Crippen molar-refractivity contribution in [2.45, 2.75) is 106 Å². The van der Waals surface area contributed by atoms with Gasteiger partial charge in [-0.15, -0.1) is 0 Å². The summed E-state index contributed by atoms with van der Waals surface area (Å²) < 4.78 is 11.6. The van der Waals surface area contributed by atoms with Gasteiger partial charge in [-0.05, 0) is 78.6 Å². The average Bonchev–Trinajstić information content (AvgIpc) is 3.62. The first kappa shape index (κ1) is 27.2. The largest absolute Gasteiger partial charge is 0.469 e. The number of hydrogen-bond acceptors (Lipinski definition) is 6. The first-order valence-corrected chi connectivity index (χ1v) is 14.9. The molecule has 5 fully saturated rings. The van der Waals surface area contributed by atoms with E-state index in [1.165, 1.54) is 7.11 Å². The molecule has 1 aliphatic heterocycles. The Kier molecular flexibility index (Phi) is 5.18. The summed E-state index contributed by atoms with van der Waals surface area (Å²) in [7, 11) is 1.49. The summed E-state index contributed by atoms with van der Waals surface area (Å²) in [5.41, 5.74) is -2.93. The molecule has 39 heavy (non-hydrogen) atoms. The van der Waals surface area contributed by atoms with Crippen LogP contribution >= 0.6 is 0 Å². The molecule has 0 radical (unpaired) electrons. The lowest BCUT2D eigenvalue weighted by Crippen LogP contribution is -2.68. The minimum absolute atomic E-state index is 0.00837. The first-order valence-electron chi connectivity index (χ1n) is 14.9. The van der Waals surface area contributed by atoms with Crippen LogP contribution < -0.4 is 0 Å². The molecule has 6 rings (SSSR count). The lowest BCUT2D eigenvalue weighted by molar-refractivity contribution is -0.197. The maximum atomic E-state index is 14.5. The summed E-state index contributed by atoms with van der Waals surface area (Å²) in [5.74, 6) is -0.177. The second-order valence-electron chi connectivity index (χ2n) is 16.0. The molecule has 212 valence electrons. The molecular formula is C33H45NO5. The van der Waals surface area contributed by atoms with Crippen LogP contribution in [0.1, 0.15) is 93.9 Å². The highest BCUT2D eigenvalue weighted by Crippen LogP contribution is 2.78. The third-order valence-electron chi connectivity index (χ3n) is 14.0. The molecule has 0 aromatic rings. The van der Waals surface area contributed by atoms with Crippen LogP contribution in [0.4, 0.5) is 0 Å². The van der Waals surface area contributed by atoms with Gasteiger partial charge in [0.2, 0.25) is 5.60 Å². The average molecular weight is 536 g/mol. The van der Waals surface area contributed by atoms with E-state index >= 15 is 0 Å². The van der Waals surface area contributed by atoms with E-state index in [9.17, 15) is 19.6 Å². The highest BCUT2D eigenvalue weighted by Gasteiger charge is 2.82. The van der Waals surface area contributed by atoms with Gasteiger partial charge in [-0.1, -0.05) is 61.0 Å². The van der Waals surface area contributed by atoms with Gasteiger partial charge in [0.1, 0.15) is 12.2 Å². The number of nitrogens with zero attached hydrogens (tertiary/aromatic N) is 1. The minimum Gasteiger partial charge on any atom is -0.469 e. The normalized spacial score (nSPS) is 52.5. The van der Waals surface area contributed by atoms with E-state index in [0.29, 0.717) is 5.92 Å². The van der Waals surface area contributed by atoms with Gasteiger partial charge in [-0.25, -0.2) is 0 Å². The van der Waals surface area contributed by atoms with Crippen molar-refractivity contribution >= 4 is 17.5 Å². The van der Waals surface area contributed by atoms with Crippen LogP contribution in [-0.2, 0) is 23.9 Å². The van der Waals surface area contributed by atoms with Crippen molar-refractivity contribution in [3.8, 4) is 6.07 Å². The Hall–Kier alpha value is -2.00. The quantitative estimate of drug-likeness (QED) is 0.309. The molecule has 0 amide bonds. The van der Waals surface area contributed by atoms with E-state index < -0.39 is 27.9 Å². The van der Waals surface area contributed by atoms with E-state index in [0.717, 1.165) is 44.1 Å². The van der Waals surface area contributed by atoms with Gasteiger partial charge < -0.3 is 9.47 Å². The molecule has 0 unspecified atom stereocenters. The van der Waals surface area contributed by atoms with Crippen molar-refractivity contribution in [1.29, 1.82) is 5.26 Å². The number of ether oxygens (including phenoxy) is 2. The third kappa shape index (κ3) is 2.80. The zero-order valence-corrected chi connectivity index (χ0v) is 25.2. The molecule has 10 atom stereocenters. The maximum Gasteiger partial charge on any atom is 0.312 e. The number of Topliss-reactive ketones (excluding diaryl/α,β-unsaturated/α-hetero) is 1. The summed E-state index contributed by atoms with van der Waals surface area (Å²) in [4.78, 5) is 41.6. The van der Waals surface area contributed by atoms with Gasteiger partial charge in [0.15, 0.2) is 11.6 Å². The van der Waals surface area contributed by atoms with Gasteiger partial charge in [0.25, 0.3) is 0 Å². The number of hydrogen-bond donors (Lipinski definition) is 0. The molecule has 6 aliphatic rings. The van der Waals surface area contributed by atoms with Gasteiger partial charge in [0, 0.05) is 16.7 Å². The Morgan fingerprint density at radius 2 is 1.72 bits per heavy atom. The Morgan fingerprint density at radius 1 is 1.05 bits per heavy atom. The number of epoxide rings is 1. The van der Waals surface area contributed by atoms with Crippen molar-refractivity contribution in [1.82, 2.24) is 0 Å². The fourth-order valence-corrected chi connectivity index (χ4v) is 11.3. The molecule has 0 aromatic carbocycles. The lowest BCUT2D eigenvalue weighted by Gasteiger charge is -2.69. The van der Waals surface area contributed by atoms with Crippen molar-refractivity contribution in [3.05, 3.63) is 11.6 Å². The predicted molar refractivity (Wildman–Crippen MR) is 145 cm³/mol. The summed E-state index contributed by atoms with van der Waals surface area (Å²) in [6, 6.07) is 2.24. The second kappa shape index (κ2) is 7.44. The molecule has 6 heteroatoms. The number of ketones is 2. The molecule has 0 bridgehead atoms. The van der Waals surface area contributed by atoms with Gasteiger partial charge in [0.05, 0.1) is 12.5 Å². The minimum atomic E-state index is -1.41. The van der Waals surface area contributed by atoms with Crippen LogP contribution in [0.15, 0.2) is 11.6 Å². The highest BCUT2D eigenvalue weighted by molar-refractivity contribution is 6.01. The molecule has 4 saturated carbocycles. The lowest BCUT2D eigenvalue weighted by atomic mass is 9.33. The van der Waals surface area contributed by atoms with E-state index in [2.05, 4.69) is 47.6 Å². The topological polar surface area (TPSA) is 96.8 Å². The molecular weight excluding hydrogens is 490 g/mol. The van der Waals surface area contributed by atoms with Crippen LogP contribution in [0.2, 0.25) is 0 Å². The summed E-state index contributed by atoms with van der Waals surface area (Å²) in [6.07, 6.45) is 6.16. The van der Waals surface area contributed by atoms with Crippen LogP contribution in [-0.4, -0.2) is 36.4 Å². The number of allylic oxidation sites excluding steroid dienone is 1. The fourth-order valence-electron chi connectivity index (χ4n) is 11.3. The van der Waals surface area contributed by atoms with Crippen LogP contribution in [0.5, 0.6) is 0 Å².